The standard InChI is InChI=1S/C38H54N4O/c1-38(2)28-35(33-19-21-34(22-20-33)42-25-23-41(3)24-26-42)39-29-36(38)40-37(43)16-10-9-12-30-11-7-8-15-32(18-17-30)27-31-13-5-4-6-14-31/h4-6,13-14,19-22,28-30,32,36H,7-12,15-18,23-27H2,1-3H3,(H,40,43). The van der Waals surface area contributed by atoms with Gasteiger partial charge in [0.25, 0.3) is 0 Å². The quantitative estimate of drug-likeness (QED) is 0.291. The zero-order chi connectivity index (χ0) is 30.1. The van der Waals surface area contributed by atoms with Crippen LogP contribution in [0.15, 0.2) is 65.7 Å². The van der Waals surface area contributed by atoms with Crippen molar-refractivity contribution in [2.75, 3.05) is 38.1 Å². The molecule has 1 N–H and O–H groups in total. The lowest BCUT2D eigenvalue weighted by molar-refractivity contribution is -0.122. The van der Waals surface area contributed by atoms with Crippen LogP contribution in [-0.2, 0) is 11.2 Å². The van der Waals surface area contributed by atoms with Crippen molar-refractivity contribution in [3.8, 4) is 0 Å². The molecule has 2 aliphatic heterocycles. The van der Waals surface area contributed by atoms with E-state index >= 15 is 0 Å². The van der Waals surface area contributed by atoms with Crippen molar-refractivity contribution in [2.24, 2.45) is 22.2 Å². The van der Waals surface area contributed by atoms with E-state index in [4.69, 9.17) is 4.99 Å². The number of hydrogen-bond acceptors (Lipinski definition) is 4. The largest absolute Gasteiger partial charge is 0.369 e. The number of piperazine rings is 1. The van der Waals surface area contributed by atoms with Gasteiger partial charge >= 0.3 is 0 Å². The van der Waals surface area contributed by atoms with E-state index < -0.39 is 0 Å². The molecule has 3 unspecified atom stereocenters. The Kier molecular flexibility index (Phi) is 11.1. The van der Waals surface area contributed by atoms with Crippen molar-refractivity contribution in [1.82, 2.24) is 10.2 Å². The first kappa shape index (κ1) is 31.5. The van der Waals surface area contributed by atoms with Crippen LogP contribution in [0.4, 0.5) is 5.69 Å². The minimum atomic E-state index is -0.196. The summed E-state index contributed by atoms with van der Waals surface area (Å²) in [5.41, 5.74) is 4.70. The molecule has 5 nitrogen and oxygen atoms in total. The number of hydrogen-bond donors (Lipinski definition) is 1. The van der Waals surface area contributed by atoms with E-state index in [0.717, 1.165) is 62.1 Å². The highest BCUT2D eigenvalue weighted by Gasteiger charge is 2.31. The Balaban J connectivity index is 1.03. The van der Waals surface area contributed by atoms with Gasteiger partial charge in [-0.3, -0.25) is 9.79 Å². The number of nitrogens with zero attached hydrogens (tertiary/aromatic N) is 3. The third-order valence-electron chi connectivity index (χ3n) is 10.1. The summed E-state index contributed by atoms with van der Waals surface area (Å²) in [6.45, 7) is 8.75. The lowest BCUT2D eigenvalue weighted by Gasteiger charge is -2.34. The number of benzene rings is 2. The first-order valence-corrected chi connectivity index (χ1v) is 17.0. The Morgan fingerprint density at radius 2 is 1.58 bits per heavy atom. The minimum Gasteiger partial charge on any atom is -0.369 e. The summed E-state index contributed by atoms with van der Waals surface area (Å²) in [5, 5.41) is 3.28. The number of aliphatic imine (C=N–C) groups is 1. The summed E-state index contributed by atoms with van der Waals surface area (Å²) in [7, 11) is 2.19. The molecule has 43 heavy (non-hydrogen) atoms. The number of anilines is 1. The van der Waals surface area contributed by atoms with Gasteiger partial charge in [-0.2, -0.15) is 0 Å². The Morgan fingerprint density at radius 1 is 0.884 bits per heavy atom. The summed E-state index contributed by atoms with van der Waals surface area (Å²) in [5.74, 6) is 1.80. The Bertz CT molecular complexity index is 1210. The third kappa shape index (κ3) is 9.28. The van der Waals surface area contributed by atoms with Crippen LogP contribution in [0.5, 0.6) is 0 Å². The van der Waals surface area contributed by atoms with Gasteiger partial charge in [0.15, 0.2) is 0 Å². The smallest absolute Gasteiger partial charge is 0.220 e. The van der Waals surface area contributed by atoms with Gasteiger partial charge in [-0.05, 0) is 61.4 Å². The molecule has 2 fully saturated rings. The van der Waals surface area contributed by atoms with Gasteiger partial charge in [-0.25, -0.2) is 0 Å². The lowest BCUT2D eigenvalue weighted by atomic mass is 9.81. The van der Waals surface area contributed by atoms with Gasteiger partial charge in [0.2, 0.25) is 5.91 Å². The maximum Gasteiger partial charge on any atom is 0.220 e. The average molecular weight is 583 g/mol. The van der Waals surface area contributed by atoms with E-state index in [1.165, 1.54) is 62.6 Å². The van der Waals surface area contributed by atoms with Crippen LogP contribution in [0.25, 0.3) is 5.70 Å². The molecule has 1 saturated heterocycles. The SMILES string of the molecule is CN1CCN(c2ccc(C3=CC(C)(C)C(NC(=O)CCCCC4CCCCC(Cc5ccccc5)CC4)C=N3)cc2)CC1. The molecule has 3 aliphatic rings. The summed E-state index contributed by atoms with van der Waals surface area (Å²) in [4.78, 5) is 22.6. The Morgan fingerprint density at radius 3 is 2.30 bits per heavy atom. The van der Waals surface area contributed by atoms with E-state index in [-0.39, 0.29) is 17.4 Å². The van der Waals surface area contributed by atoms with Crippen LogP contribution in [0, 0.1) is 17.3 Å². The summed E-state index contributed by atoms with van der Waals surface area (Å²) in [6.07, 6.45) is 17.6. The molecule has 0 aromatic heterocycles. The monoisotopic (exact) mass is 582 g/mol. The molecular weight excluding hydrogens is 528 g/mol. The van der Waals surface area contributed by atoms with Crippen LogP contribution < -0.4 is 10.2 Å². The number of unbranched alkanes of at least 4 members (excludes halogenated alkanes) is 1. The van der Waals surface area contributed by atoms with E-state index in [2.05, 4.69) is 96.7 Å². The molecule has 1 aliphatic carbocycles. The fourth-order valence-corrected chi connectivity index (χ4v) is 7.15. The molecule has 1 saturated carbocycles. The van der Waals surface area contributed by atoms with Crippen molar-refractivity contribution in [1.29, 1.82) is 0 Å². The van der Waals surface area contributed by atoms with E-state index in [0.29, 0.717) is 6.42 Å². The number of amides is 1. The van der Waals surface area contributed by atoms with Crippen LogP contribution in [0.3, 0.4) is 0 Å². The third-order valence-corrected chi connectivity index (χ3v) is 10.1. The number of carbonyl (C=O) groups is 1. The first-order chi connectivity index (χ1) is 20.9. The fourth-order valence-electron chi connectivity index (χ4n) is 7.15. The zero-order valence-electron chi connectivity index (χ0n) is 26.9. The number of carbonyl (C=O) groups excluding carboxylic acids is 1. The van der Waals surface area contributed by atoms with Crippen LogP contribution >= 0.6 is 0 Å². The summed E-state index contributed by atoms with van der Waals surface area (Å²) < 4.78 is 0. The highest BCUT2D eigenvalue weighted by atomic mass is 16.1. The molecule has 0 bridgehead atoms. The summed E-state index contributed by atoms with van der Waals surface area (Å²) in [6, 6.07) is 19.7. The average Bonchev–Trinajstić information content (AvgIpc) is 3.00. The van der Waals surface area contributed by atoms with Gasteiger partial charge in [-0.1, -0.05) is 107 Å². The topological polar surface area (TPSA) is 47.9 Å². The number of rotatable bonds is 10. The predicted octanol–water partition coefficient (Wildman–Crippen LogP) is 7.76. The Labute approximate surface area is 260 Å². The molecule has 2 aromatic carbocycles. The van der Waals surface area contributed by atoms with Crippen molar-refractivity contribution in [3.63, 3.8) is 0 Å². The van der Waals surface area contributed by atoms with Gasteiger partial charge in [0, 0.05) is 49.9 Å². The normalized spacial score (nSPS) is 24.6. The molecule has 2 heterocycles. The molecule has 3 atom stereocenters. The second kappa shape index (κ2) is 15.2. The van der Waals surface area contributed by atoms with Crippen molar-refractivity contribution >= 4 is 23.5 Å². The van der Waals surface area contributed by atoms with Crippen molar-refractivity contribution in [3.05, 3.63) is 71.8 Å². The molecule has 0 spiro atoms. The first-order valence-electron chi connectivity index (χ1n) is 17.0. The van der Waals surface area contributed by atoms with Crippen LogP contribution in [-0.4, -0.2) is 56.3 Å². The molecule has 232 valence electrons. The highest BCUT2D eigenvalue weighted by molar-refractivity contribution is 5.86. The molecule has 1 amide bonds. The lowest BCUT2D eigenvalue weighted by Crippen LogP contribution is -2.46. The molecular formula is C38H54N4O. The Hall–Kier alpha value is -2.92. The van der Waals surface area contributed by atoms with Gasteiger partial charge in [0.1, 0.15) is 0 Å². The second-order valence-corrected chi connectivity index (χ2v) is 14.0. The maximum absolute atomic E-state index is 12.9. The van der Waals surface area contributed by atoms with E-state index in [9.17, 15) is 4.79 Å². The number of likely N-dealkylation sites (N-methyl/N-ethyl adjacent to an activating group) is 1. The van der Waals surface area contributed by atoms with Gasteiger partial charge < -0.3 is 15.1 Å². The molecule has 5 heteroatoms. The summed E-state index contributed by atoms with van der Waals surface area (Å²) >= 11 is 0. The zero-order valence-corrected chi connectivity index (χ0v) is 26.9. The van der Waals surface area contributed by atoms with E-state index in [1.807, 2.05) is 6.21 Å². The molecule has 5 rings (SSSR count). The van der Waals surface area contributed by atoms with Gasteiger partial charge in [-0.15, -0.1) is 0 Å². The molecule has 2 aromatic rings. The minimum absolute atomic E-state index is 0.0829. The predicted molar refractivity (Wildman–Crippen MR) is 182 cm³/mol. The fraction of sp³-hybridized carbons (Fsp3) is 0.579. The van der Waals surface area contributed by atoms with Crippen molar-refractivity contribution < 1.29 is 4.79 Å². The van der Waals surface area contributed by atoms with Crippen LogP contribution in [0.1, 0.15) is 89.2 Å². The highest BCUT2D eigenvalue weighted by Crippen LogP contribution is 2.33. The van der Waals surface area contributed by atoms with Crippen LogP contribution in [0.2, 0.25) is 0 Å². The van der Waals surface area contributed by atoms with Crippen molar-refractivity contribution in [2.45, 2.75) is 90.5 Å². The van der Waals surface area contributed by atoms with Gasteiger partial charge in [0.05, 0.1) is 11.7 Å². The second-order valence-electron chi connectivity index (χ2n) is 14.0. The maximum atomic E-state index is 12.9. The van der Waals surface area contributed by atoms with E-state index in [1.54, 1.807) is 0 Å². The number of nitrogens with one attached hydrogen (secondary N) is 1. The molecule has 0 radical (unpaired) electrons.